The van der Waals surface area contributed by atoms with Crippen molar-refractivity contribution in [1.29, 1.82) is 0 Å². The summed E-state index contributed by atoms with van der Waals surface area (Å²) in [6.07, 6.45) is 6.24. The van der Waals surface area contributed by atoms with E-state index >= 15 is 0 Å². The average molecular weight is 208 g/mol. The Morgan fingerprint density at radius 2 is 2.07 bits per heavy atom. The molecule has 0 aromatic rings. The lowest BCUT2D eigenvalue weighted by molar-refractivity contribution is -0.137. The second kappa shape index (κ2) is 7.62. The summed E-state index contributed by atoms with van der Waals surface area (Å²) in [5.74, 6) is 0.00807. The second-order valence-electron chi connectivity index (χ2n) is 2.56. The molecule has 0 radical (unpaired) electrons. The van der Waals surface area contributed by atoms with E-state index in [4.69, 9.17) is 9.47 Å². The van der Waals surface area contributed by atoms with Crippen LogP contribution >= 0.6 is 0 Å². The maximum atomic E-state index is 11.5. The molecule has 0 aliphatic carbocycles. The predicted octanol–water partition coefficient (Wildman–Crippen LogP) is 2.38. The average Bonchev–Trinajstić information content (AvgIpc) is 2.26. The smallest absolute Gasteiger partial charge is 0.342 e. The highest BCUT2D eigenvalue weighted by Crippen LogP contribution is 2.12. The highest BCUT2D eigenvalue weighted by Gasteiger charge is 2.14. The minimum atomic E-state index is -0.454. The van der Waals surface area contributed by atoms with E-state index in [2.05, 4.69) is 13.2 Å². The SMILES string of the molecule is C=C/C=C(C(=O)OCC=C)\C(=C/C)OC. The molecular formula is C12H16O3. The molecule has 0 N–H and O–H groups in total. The van der Waals surface area contributed by atoms with Crippen LogP contribution in [0, 0.1) is 0 Å². The lowest BCUT2D eigenvalue weighted by Gasteiger charge is -2.08. The van der Waals surface area contributed by atoms with Crippen LogP contribution in [0.4, 0.5) is 0 Å². The first-order valence-corrected chi connectivity index (χ1v) is 4.52. The third-order valence-corrected chi connectivity index (χ3v) is 1.58. The van der Waals surface area contributed by atoms with Gasteiger partial charge in [-0.3, -0.25) is 0 Å². The molecule has 3 heteroatoms. The number of ether oxygens (including phenoxy) is 2. The molecule has 0 aliphatic heterocycles. The van der Waals surface area contributed by atoms with Crippen molar-refractivity contribution >= 4 is 5.97 Å². The van der Waals surface area contributed by atoms with Gasteiger partial charge in [-0.25, -0.2) is 4.79 Å². The first kappa shape index (κ1) is 13.2. The van der Waals surface area contributed by atoms with Crippen molar-refractivity contribution in [1.82, 2.24) is 0 Å². The van der Waals surface area contributed by atoms with Crippen LogP contribution in [0.15, 0.2) is 48.8 Å². The third-order valence-electron chi connectivity index (χ3n) is 1.58. The maximum Gasteiger partial charge on any atom is 0.342 e. The molecule has 0 saturated carbocycles. The normalized spacial score (nSPS) is 11.9. The van der Waals surface area contributed by atoms with E-state index in [0.717, 1.165) is 0 Å². The monoisotopic (exact) mass is 208 g/mol. The molecular weight excluding hydrogens is 192 g/mol. The van der Waals surface area contributed by atoms with Gasteiger partial charge in [0.15, 0.2) is 0 Å². The number of carbonyl (C=O) groups excluding carboxylic acids is 1. The van der Waals surface area contributed by atoms with E-state index in [9.17, 15) is 4.79 Å². The molecule has 0 saturated heterocycles. The van der Waals surface area contributed by atoms with Crippen LogP contribution in [0.25, 0.3) is 0 Å². The van der Waals surface area contributed by atoms with Crippen molar-refractivity contribution in [3.05, 3.63) is 48.8 Å². The molecule has 0 atom stereocenters. The summed E-state index contributed by atoms with van der Waals surface area (Å²) in [5, 5.41) is 0. The molecule has 0 bridgehead atoms. The van der Waals surface area contributed by atoms with Crippen LogP contribution < -0.4 is 0 Å². The molecule has 0 aromatic heterocycles. The number of hydrogen-bond acceptors (Lipinski definition) is 3. The zero-order valence-corrected chi connectivity index (χ0v) is 9.16. The zero-order chi connectivity index (χ0) is 11.7. The van der Waals surface area contributed by atoms with Gasteiger partial charge >= 0.3 is 5.97 Å². The molecule has 0 aliphatic rings. The van der Waals surface area contributed by atoms with E-state index in [0.29, 0.717) is 11.3 Å². The first-order valence-electron chi connectivity index (χ1n) is 4.52. The van der Waals surface area contributed by atoms with E-state index in [1.54, 1.807) is 19.1 Å². The molecule has 0 heterocycles. The summed E-state index contributed by atoms with van der Waals surface area (Å²) in [4.78, 5) is 11.5. The van der Waals surface area contributed by atoms with E-state index in [1.165, 1.54) is 19.3 Å². The summed E-state index contributed by atoms with van der Waals surface area (Å²) < 4.78 is 9.93. The number of rotatable bonds is 6. The minimum absolute atomic E-state index is 0.175. The largest absolute Gasteiger partial charge is 0.496 e. The number of carbonyl (C=O) groups is 1. The molecule has 15 heavy (non-hydrogen) atoms. The van der Waals surface area contributed by atoms with Gasteiger partial charge in [0.05, 0.1) is 7.11 Å². The molecule has 0 amide bonds. The van der Waals surface area contributed by atoms with Crippen LogP contribution in [0.1, 0.15) is 6.92 Å². The highest BCUT2D eigenvalue weighted by molar-refractivity contribution is 5.93. The summed E-state index contributed by atoms with van der Waals surface area (Å²) in [6, 6.07) is 0. The fourth-order valence-corrected chi connectivity index (χ4v) is 0.964. The topological polar surface area (TPSA) is 35.5 Å². The first-order chi connectivity index (χ1) is 7.21. The molecule has 0 unspecified atom stereocenters. The van der Waals surface area contributed by atoms with Gasteiger partial charge in [-0.1, -0.05) is 25.3 Å². The third kappa shape index (κ3) is 4.31. The summed E-state index contributed by atoms with van der Waals surface area (Å²) in [5.41, 5.74) is 0.344. The number of methoxy groups -OCH3 is 1. The lowest BCUT2D eigenvalue weighted by atomic mass is 10.2. The zero-order valence-electron chi connectivity index (χ0n) is 9.16. The summed E-state index contributed by atoms with van der Waals surface area (Å²) in [7, 11) is 1.49. The van der Waals surface area contributed by atoms with Gasteiger partial charge in [-0.15, -0.1) is 0 Å². The van der Waals surface area contributed by atoms with Gasteiger partial charge in [0.25, 0.3) is 0 Å². The fraction of sp³-hybridized carbons (Fsp3) is 0.250. The minimum Gasteiger partial charge on any atom is -0.496 e. The van der Waals surface area contributed by atoms with Crippen LogP contribution in [0.5, 0.6) is 0 Å². The van der Waals surface area contributed by atoms with Crippen molar-refractivity contribution in [2.24, 2.45) is 0 Å². The Labute approximate surface area is 90.4 Å². The Kier molecular flexibility index (Phi) is 6.72. The summed E-state index contributed by atoms with van der Waals surface area (Å²) in [6.45, 7) is 8.94. The quantitative estimate of drug-likeness (QED) is 0.221. The summed E-state index contributed by atoms with van der Waals surface area (Å²) >= 11 is 0. The number of esters is 1. The molecule has 0 fully saturated rings. The van der Waals surface area contributed by atoms with Gasteiger partial charge in [0, 0.05) is 0 Å². The van der Waals surface area contributed by atoms with Crippen molar-refractivity contribution in [3.8, 4) is 0 Å². The van der Waals surface area contributed by atoms with E-state index in [-0.39, 0.29) is 6.61 Å². The molecule has 0 rings (SSSR count). The van der Waals surface area contributed by atoms with E-state index in [1.807, 2.05) is 0 Å². The lowest BCUT2D eigenvalue weighted by Crippen LogP contribution is -2.10. The van der Waals surface area contributed by atoms with Crippen molar-refractivity contribution < 1.29 is 14.3 Å². The number of hydrogen-bond donors (Lipinski definition) is 0. The van der Waals surface area contributed by atoms with Gasteiger partial charge < -0.3 is 9.47 Å². The Morgan fingerprint density at radius 3 is 2.47 bits per heavy atom. The Hall–Kier alpha value is -1.77. The molecule has 0 spiro atoms. The van der Waals surface area contributed by atoms with Gasteiger partial charge in [-0.05, 0) is 19.1 Å². The van der Waals surface area contributed by atoms with Gasteiger partial charge in [0.2, 0.25) is 0 Å². The fourth-order valence-electron chi connectivity index (χ4n) is 0.964. The van der Waals surface area contributed by atoms with Crippen LogP contribution in [0.2, 0.25) is 0 Å². The van der Waals surface area contributed by atoms with Crippen molar-refractivity contribution in [2.45, 2.75) is 6.92 Å². The molecule has 0 aromatic carbocycles. The predicted molar refractivity (Wildman–Crippen MR) is 60.2 cm³/mol. The maximum absolute atomic E-state index is 11.5. The highest BCUT2D eigenvalue weighted by atomic mass is 16.5. The van der Waals surface area contributed by atoms with E-state index < -0.39 is 5.97 Å². The standard InChI is InChI=1S/C12H16O3/c1-5-8-10(11(7-3)14-4)12(13)15-9-6-2/h5-8H,1-2,9H2,3-4H3/b10-8+,11-7+. The van der Waals surface area contributed by atoms with Crippen LogP contribution in [0.3, 0.4) is 0 Å². The van der Waals surface area contributed by atoms with Crippen LogP contribution in [-0.4, -0.2) is 19.7 Å². The van der Waals surface area contributed by atoms with Crippen molar-refractivity contribution in [2.75, 3.05) is 13.7 Å². The Morgan fingerprint density at radius 1 is 1.40 bits per heavy atom. The van der Waals surface area contributed by atoms with Crippen LogP contribution in [-0.2, 0) is 14.3 Å². The molecule has 3 nitrogen and oxygen atoms in total. The van der Waals surface area contributed by atoms with Crippen molar-refractivity contribution in [3.63, 3.8) is 0 Å². The van der Waals surface area contributed by atoms with Gasteiger partial charge in [-0.2, -0.15) is 0 Å². The van der Waals surface area contributed by atoms with Gasteiger partial charge in [0.1, 0.15) is 17.9 Å². The Balaban J connectivity index is 4.81. The second-order valence-corrected chi connectivity index (χ2v) is 2.56. The Bertz CT molecular complexity index is 298. The molecule has 82 valence electrons. The number of allylic oxidation sites excluding steroid dienone is 3.